The highest BCUT2D eigenvalue weighted by Crippen LogP contribution is 2.23. The molecule has 0 bridgehead atoms. The zero-order chi connectivity index (χ0) is 10.4. The number of hydrogen-bond acceptors (Lipinski definition) is 1. The van der Waals surface area contributed by atoms with Crippen molar-refractivity contribution in [2.24, 2.45) is 0 Å². The lowest BCUT2D eigenvalue weighted by molar-refractivity contribution is -0.129. The molecule has 0 saturated carbocycles. The van der Waals surface area contributed by atoms with Crippen molar-refractivity contribution in [3.63, 3.8) is 0 Å². The third-order valence-electron chi connectivity index (χ3n) is 3.10. The molecule has 0 aromatic heterocycles. The van der Waals surface area contributed by atoms with Crippen LogP contribution in [0.5, 0.6) is 0 Å². The van der Waals surface area contributed by atoms with Crippen LogP contribution in [0.4, 0.5) is 0 Å². The van der Waals surface area contributed by atoms with E-state index in [-0.39, 0.29) is 0 Å². The number of hydrogen-bond donors (Lipinski definition) is 0. The summed E-state index contributed by atoms with van der Waals surface area (Å²) < 4.78 is 0. The molecule has 1 unspecified atom stereocenters. The zero-order valence-electron chi connectivity index (χ0n) is 9.59. The van der Waals surface area contributed by atoms with Crippen molar-refractivity contribution in [1.82, 2.24) is 4.90 Å². The monoisotopic (exact) mass is 197 g/mol. The summed E-state index contributed by atoms with van der Waals surface area (Å²) in [5.41, 5.74) is 0. The first-order chi connectivity index (χ1) is 6.79. The number of nitrogens with zero attached hydrogens (tertiary/aromatic N) is 1. The van der Waals surface area contributed by atoms with Crippen LogP contribution in [0.3, 0.4) is 0 Å². The minimum Gasteiger partial charge on any atom is -0.340 e. The molecule has 1 atom stereocenters. The molecule has 1 aliphatic heterocycles. The number of rotatable bonds is 6. The van der Waals surface area contributed by atoms with Crippen molar-refractivity contribution in [2.75, 3.05) is 6.54 Å². The molecule has 2 heteroatoms. The van der Waals surface area contributed by atoms with Gasteiger partial charge in [-0.25, -0.2) is 0 Å². The van der Waals surface area contributed by atoms with Crippen LogP contribution in [0.15, 0.2) is 0 Å². The van der Waals surface area contributed by atoms with E-state index >= 15 is 0 Å². The fraction of sp³-hybridized carbons (Fsp3) is 0.917. The predicted octanol–water partition coefficient (Wildman–Crippen LogP) is 2.97. The fourth-order valence-corrected chi connectivity index (χ4v) is 2.17. The van der Waals surface area contributed by atoms with Crippen LogP contribution >= 0.6 is 0 Å². The highest BCUT2D eigenvalue weighted by molar-refractivity contribution is 5.78. The molecular formula is C12H23NO. The lowest BCUT2D eigenvalue weighted by Gasteiger charge is -2.24. The highest BCUT2D eigenvalue weighted by atomic mass is 16.2. The first kappa shape index (κ1) is 11.5. The van der Waals surface area contributed by atoms with E-state index in [4.69, 9.17) is 0 Å². The Morgan fingerprint density at radius 3 is 2.64 bits per heavy atom. The third-order valence-corrected chi connectivity index (χ3v) is 3.10. The van der Waals surface area contributed by atoms with E-state index in [0.717, 1.165) is 25.8 Å². The normalized spacial score (nSPS) is 22.0. The summed E-state index contributed by atoms with van der Waals surface area (Å²) in [6, 6.07) is 0.564. The van der Waals surface area contributed by atoms with Gasteiger partial charge in [-0.2, -0.15) is 0 Å². The van der Waals surface area contributed by atoms with Crippen LogP contribution in [-0.2, 0) is 4.79 Å². The Kier molecular flexibility index (Phi) is 4.99. The highest BCUT2D eigenvalue weighted by Gasteiger charge is 2.29. The van der Waals surface area contributed by atoms with Crippen molar-refractivity contribution < 1.29 is 4.79 Å². The van der Waals surface area contributed by atoms with Crippen LogP contribution < -0.4 is 0 Å². The molecule has 2 nitrogen and oxygen atoms in total. The van der Waals surface area contributed by atoms with Crippen LogP contribution in [0, 0.1) is 0 Å². The maximum absolute atomic E-state index is 11.6. The molecule has 0 N–H and O–H groups in total. The van der Waals surface area contributed by atoms with Gasteiger partial charge in [0.1, 0.15) is 0 Å². The van der Waals surface area contributed by atoms with Crippen molar-refractivity contribution >= 4 is 5.91 Å². The summed E-state index contributed by atoms with van der Waals surface area (Å²) in [6.07, 6.45) is 7.96. The van der Waals surface area contributed by atoms with E-state index in [0.29, 0.717) is 11.9 Å². The molecule has 1 rings (SSSR count). The first-order valence-electron chi connectivity index (χ1n) is 6.09. The second kappa shape index (κ2) is 6.05. The molecule has 82 valence electrons. The summed E-state index contributed by atoms with van der Waals surface area (Å²) in [5.74, 6) is 0.388. The summed E-state index contributed by atoms with van der Waals surface area (Å²) in [4.78, 5) is 13.7. The molecule has 14 heavy (non-hydrogen) atoms. The molecule has 0 aromatic carbocycles. The molecule has 0 aromatic rings. The second-order valence-corrected chi connectivity index (χ2v) is 4.28. The minimum atomic E-state index is 0.388. The first-order valence-corrected chi connectivity index (χ1v) is 6.09. The molecule has 0 radical (unpaired) electrons. The lowest BCUT2D eigenvalue weighted by atomic mass is 10.1. The van der Waals surface area contributed by atoms with Gasteiger partial charge in [0.05, 0.1) is 0 Å². The molecule has 0 spiro atoms. The largest absolute Gasteiger partial charge is 0.340 e. The average Bonchev–Trinajstić information content (AvgIpc) is 2.53. The van der Waals surface area contributed by atoms with E-state index in [1.165, 1.54) is 25.7 Å². The molecule has 1 saturated heterocycles. The van der Waals surface area contributed by atoms with Crippen molar-refractivity contribution in [1.29, 1.82) is 0 Å². The summed E-state index contributed by atoms with van der Waals surface area (Å²) in [7, 11) is 0. The zero-order valence-corrected chi connectivity index (χ0v) is 9.59. The Morgan fingerprint density at radius 1 is 1.29 bits per heavy atom. The Bertz CT molecular complexity index is 179. The average molecular weight is 197 g/mol. The van der Waals surface area contributed by atoms with Crippen LogP contribution in [0.1, 0.15) is 58.8 Å². The van der Waals surface area contributed by atoms with E-state index in [1.54, 1.807) is 0 Å². The van der Waals surface area contributed by atoms with Crippen molar-refractivity contribution in [2.45, 2.75) is 64.8 Å². The van der Waals surface area contributed by atoms with Gasteiger partial charge in [-0.3, -0.25) is 4.79 Å². The standard InChI is InChI=1S/C12H23NO/c1-3-5-7-11-8-9-12(14)13(11)10-6-4-2/h11H,3-10H2,1-2H3. The van der Waals surface area contributed by atoms with Crippen LogP contribution in [-0.4, -0.2) is 23.4 Å². The Labute approximate surface area is 87.7 Å². The number of carbonyl (C=O) groups excluding carboxylic acids is 1. The van der Waals surface area contributed by atoms with Gasteiger partial charge in [0, 0.05) is 19.0 Å². The molecule has 0 aliphatic carbocycles. The van der Waals surface area contributed by atoms with Crippen LogP contribution in [0.25, 0.3) is 0 Å². The molecule has 1 aliphatic rings. The van der Waals surface area contributed by atoms with E-state index in [2.05, 4.69) is 18.7 Å². The van der Waals surface area contributed by atoms with Gasteiger partial charge in [0.15, 0.2) is 0 Å². The van der Waals surface area contributed by atoms with E-state index in [9.17, 15) is 4.79 Å². The van der Waals surface area contributed by atoms with Gasteiger partial charge in [-0.15, -0.1) is 0 Å². The summed E-state index contributed by atoms with van der Waals surface area (Å²) in [5, 5.41) is 0. The topological polar surface area (TPSA) is 20.3 Å². The maximum Gasteiger partial charge on any atom is 0.222 e. The molecular weight excluding hydrogens is 174 g/mol. The molecule has 1 heterocycles. The Morgan fingerprint density at radius 2 is 2.00 bits per heavy atom. The number of amides is 1. The SMILES string of the molecule is CCCCC1CCC(=O)N1CCCC. The van der Waals surface area contributed by atoms with Gasteiger partial charge < -0.3 is 4.90 Å². The summed E-state index contributed by atoms with van der Waals surface area (Å²) >= 11 is 0. The number of unbranched alkanes of at least 4 members (excludes halogenated alkanes) is 2. The Balaban J connectivity index is 2.36. The molecule has 1 fully saturated rings. The molecule has 1 amide bonds. The minimum absolute atomic E-state index is 0.388. The van der Waals surface area contributed by atoms with Gasteiger partial charge in [-0.1, -0.05) is 33.1 Å². The van der Waals surface area contributed by atoms with Crippen molar-refractivity contribution in [3.05, 3.63) is 0 Å². The van der Waals surface area contributed by atoms with E-state index in [1.807, 2.05) is 0 Å². The summed E-state index contributed by atoms with van der Waals surface area (Å²) in [6.45, 7) is 5.39. The van der Waals surface area contributed by atoms with Crippen LogP contribution in [0.2, 0.25) is 0 Å². The van der Waals surface area contributed by atoms with Gasteiger partial charge in [-0.05, 0) is 19.3 Å². The van der Waals surface area contributed by atoms with E-state index < -0.39 is 0 Å². The Hall–Kier alpha value is -0.530. The second-order valence-electron chi connectivity index (χ2n) is 4.28. The third kappa shape index (κ3) is 3.00. The van der Waals surface area contributed by atoms with Gasteiger partial charge >= 0.3 is 0 Å². The quantitative estimate of drug-likeness (QED) is 0.641. The number of likely N-dealkylation sites (tertiary alicyclic amines) is 1. The predicted molar refractivity (Wildman–Crippen MR) is 59.2 cm³/mol. The smallest absolute Gasteiger partial charge is 0.222 e. The van der Waals surface area contributed by atoms with Gasteiger partial charge in [0.2, 0.25) is 5.91 Å². The maximum atomic E-state index is 11.6. The number of carbonyl (C=O) groups is 1. The van der Waals surface area contributed by atoms with Gasteiger partial charge in [0.25, 0.3) is 0 Å². The van der Waals surface area contributed by atoms with Crippen molar-refractivity contribution in [3.8, 4) is 0 Å². The fourth-order valence-electron chi connectivity index (χ4n) is 2.17. The lowest BCUT2D eigenvalue weighted by Crippen LogP contribution is -2.33.